The summed E-state index contributed by atoms with van der Waals surface area (Å²) in [4.78, 5) is 11.0. The van der Waals surface area contributed by atoms with E-state index in [1.54, 1.807) is 27.3 Å². The van der Waals surface area contributed by atoms with Crippen molar-refractivity contribution < 1.29 is 19.4 Å². The topological polar surface area (TPSA) is 73.6 Å². The maximum absolute atomic E-state index is 11.0. The highest BCUT2D eigenvalue weighted by Gasteiger charge is 2.16. The Kier molecular flexibility index (Phi) is 3.99. The first-order valence-corrected chi connectivity index (χ1v) is 6.46. The number of ether oxygens (including phenoxy) is 2. The minimum absolute atomic E-state index is 0.00610. The van der Waals surface area contributed by atoms with E-state index in [9.17, 15) is 4.79 Å². The lowest BCUT2D eigenvalue weighted by atomic mass is 10.1. The Hall–Kier alpha value is -2.02. The summed E-state index contributed by atoms with van der Waals surface area (Å²) in [6.45, 7) is 0. The fourth-order valence-corrected chi connectivity index (χ4v) is 2.51. The SMILES string of the molecule is COc1cc(-c2cc(C(=O)O)nn2C)cc(Br)c1OC. The maximum Gasteiger partial charge on any atom is 0.356 e. The molecule has 0 unspecified atom stereocenters. The van der Waals surface area contributed by atoms with Gasteiger partial charge in [-0.3, -0.25) is 4.68 Å². The van der Waals surface area contributed by atoms with Gasteiger partial charge < -0.3 is 14.6 Å². The van der Waals surface area contributed by atoms with Crippen molar-refractivity contribution in [2.45, 2.75) is 0 Å². The fraction of sp³-hybridized carbons (Fsp3) is 0.231. The highest BCUT2D eigenvalue weighted by molar-refractivity contribution is 9.10. The molecule has 0 spiro atoms. The van der Waals surface area contributed by atoms with Crippen LogP contribution in [0.25, 0.3) is 11.3 Å². The molecule has 0 fully saturated rings. The minimum atomic E-state index is -1.06. The molecule has 1 aromatic carbocycles. The number of aromatic carboxylic acids is 1. The summed E-state index contributed by atoms with van der Waals surface area (Å²) >= 11 is 3.41. The molecule has 0 saturated carbocycles. The minimum Gasteiger partial charge on any atom is -0.493 e. The lowest BCUT2D eigenvalue weighted by Crippen LogP contribution is -1.99. The van der Waals surface area contributed by atoms with Crippen LogP contribution in [0.5, 0.6) is 11.5 Å². The van der Waals surface area contributed by atoms with E-state index >= 15 is 0 Å². The summed E-state index contributed by atoms with van der Waals surface area (Å²) in [5.74, 6) is 0.0678. The number of halogens is 1. The van der Waals surface area contributed by atoms with E-state index in [0.29, 0.717) is 21.7 Å². The monoisotopic (exact) mass is 340 g/mol. The third kappa shape index (κ3) is 2.49. The first-order chi connectivity index (χ1) is 9.47. The fourth-order valence-electron chi connectivity index (χ4n) is 1.91. The molecule has 0 aliphatic rings. The second-order valence-electron chi connectivity index (χ2n) is 4.04. The van der Waals surface area contributed by atoms with Crippen molar-refractivity contribution in [3.63, 3.8) is 0 Å². The van der Waals surface area contributed by atoms with E-state index in [4.69, 9.17) is 14.6 Å². The third-order valence-corrected chi connectivity index (χ3v) is 3.42. The molecule has 0 atom stereocenters. The summed E-state index contributed by atoms with van der Waals surface area (Å²) in [6.07, 6.45) is 0. The number of methoxy groups -OCH3 is 2. The van der Waals surface area contributed by atoms with Crippen LogP contribution >= 0.6 is 15.9 Å². The van der Waals surface area contributed by atoms with E-state index in [-0.39, 0.29) is 5.69 Å². The molecule has 0 aliphatic heterocycles. The van der Waals surface area contributed by atoms with E-state index in [1.165, 1.54) is 10.7 Å². The van der Waals surface area contributed by atoms with E-state index in [1.807, 2.05) is 6.07 Å². The van der Waals surface area contributed by atoms with Gasteiger partial charge in [-0.2, -0.15) is 5.10 Å². The Morgan fingerprint density at radius 1 is 1.30 bits per heavy atom. The number of nitrogens with zero attached hydrogens (tertiary/aromatic N) is 2. The molecule has 1 N–H and O–H groups in total. The zero-order valence-electron chi connectivity index (χ0n) is 11.2. The highest BCUT2D eigenvalue weighted by Crippen LogP contribution is 2.39. The smallest absolute Gasteiger partial charge is 0.356 e. The van der Waals surface area contributed by atoms with Crippen molar-refractivity contribution in [2.75, 3.05) is 14.2 Å². The van der Waals surface area contributed by atoms with Gasteiger partial charge in [0.05, 0.1) is 24.4 Å². The normalized spacial score (nSPS) is 10.4. The average Bonchev–Trinajstić information content (AvgIpc) is 2.80. The van der Waals surface area contributed by atoms with Gasteiger partial charge in [-0.1, -0.05) is 0 Å². The van der Waals surface area contributed by atoms with Gasteiger partial charge in [-0.05, 0) is 34.1 Å². The first kappa shape index (κ1) is 14.4. The Labute approximate surface area is 124 Å². The van der Waals surface area contributed by atoms with Gasteiger partial charge in [0.2, 0.25) is 0 Å². The van der Waals surface area contributed by atoms with Gasteiger partial charge in [0.25, 0.3) is 0 Å². The van der Waals surface area contributed by atoms with Crippen LogP contribution in [0.4, 0.5) is 0 Å². The second kappa shape index (κ2) is 5.54. The second-order valence-corrected chi connectivity index (χ2v) is 4.89. The molecule has 106 valence electrons. The number of aromatic nitrogens is 2. The predicted octanol–water partition coefficient (Wildman–Crippen LogP) is 2.57. The molecule has 0 amide bonds. The molecular weight excluding hydrogens is 328 g/mol. The lowest BCUT2D eigenvalue weighted by Gasteiger charge is -2.12. The van der Waals surface area contributed by atoms with Crippen LogP contribution in [0, 0.1) is 0 Å². The number of carboxylic acids is 1. The number of carboxylic acid groups (broad SMARTS) is 1. The Balaban J connectivity index is 2.58. The van der Waals surface area contributed by atoms with Crippen molar-refractivity contribution >= 4 is 21.9 Å². The Morgan fingerprint density at radius 3 is 2.50 bits per heavy atom. The van der Waals surface area contributed by atoms with Crippen LogP contribution in [0.2, 0.25) is 0 Å². The van der Waals surface area contributed by atoms with Crippen molar-refractivity contribution in [3.05, 3.63) is 28.4 Å². The number of carbonyl (C=O) groups is 1. The zero-order valence-corrected chi connectivity index (χ0v) is 12.8. The summed E-state index contributed by atoms with van der Waals surface area (Å²) in [6, 6.07) is 5.10. The molecule has 1 heterocycles. The molecule has 7 heteroatoms. The maximum atomic E-state index is 11.0. The van der Waals surface area contributed by atoms with Gasteiger partial charge in [0.1, 0.15) is 0 Å². The molecule has 20 heavy (non-hydrogen) atoms. The Bertz CT molecular complexity index is 667. The molecule has 0 bridgehead atoms. The van der Waals surface area contributed by atoms with Gasteiger partial charge in [-0.15, -0.1) is 0 Å². The van der Waals surface area contributed by atoms with Crippen LogP contribution in [0.15, 0.2) is 22.7 Å². The van der Waals surface area contributed by atoms with E-state index in [0.717, 1.165) is 5.56 Å². The van der Waals surface area contributed by atoms with Crippen molar-refractivity contribution in [1.82, 2.24) is 9.78 Å². The molecule has 6 nitrogen and oxygen atoms in total. The average molecular weight is 341 g/mol. The molecule has 0 saturated heterocycles. The molecule has 1 aromatic heterocycles. The molecular formula is C13H13BrN2O4. The van der Waals surface area contributed by atoms with Crippen molar-refractivity contribution in [1.29, 1.82) is 0 Å². The van der Waals surface area contributed by atoms with E-state index < -0.39 is 5.97 Å². The van der Waals surface area contributed by atoms with Crippen LogP contribution < -0.4 is 9.47 Å². The molecule has 0 radical (unpaired) electrons. The van der Waals surface area contributed by atoms with Crippen molar-refractivity contribution in [3.8, 4) is 22.8 Å². The molecule has 2 rings (SSSR count). The standard InChI is InChI=1S/C13H13BrN2O4/c1-16-10(6-9(15-16)13(17)18)7-4-8(14)12(20-3)11(5-7)19-2/h4-6H,1-3H3,(H,17,18). The largest absolute Gasteiger partial charge is 0.493 e. The highest BCUT2D eigenvalue weighted by atomic mass is 79.9. The summed E-state index contributed by atoms with van der Waals surface area (Å²) in [5.41, 5.74) is 1.44. The van der Waals surface area contributed by atoms with Crippen LogP contribution in [0.3, 0.4) is 0 Å². The Morgan fingerprint density at radius 2 is 2.00 bits per heavy atom. The number of aryl methyl sites for hydroxylation is 1. The van der Waals surface area contributed by atoms with Gasteiger partial charge in [0.15, 0.2) is 17.2 Å². The first-order valence-electron chi connectivity index (χ1n) is 5.67. The quantitative estimate of drug-likeness (QED) is 0.925. The van der Waals surface area contributed by atoms with E-state index in [2.05, 4.69) is 21.0 Å². The molecule has 0 aliphatic carbocycles. The van der Waals surface area contributed by atoms with Crippen LogP contribution in [0.1, 0.15) is 10.5 Å². The number of benzene rings is 1. The summed E-state index contributed by atoms with van der Waals surface area (Å²) in [7, 11) is 4.78. The van der Waals surface area contributed by atoms with Gasteiger partial charge in [-0.25, -0.2) is 4.79 Å². The number of hydrogen-bond donors (Lipinski definition) is 1. The summed E-state index contributed by atoms with van der Waals surface area (Å²) in [5, 5.41) is 12.9. The van der Waals surface area contributed by atoms with Gasteiger partial charge >= 0.3 is 5.97 Å². The molecule has 2 aromatic rings. The number of rotatable bonds is 4. The predicted molar refractivity (Wildman–Crippen MR) is 76.4 cm³/mol. The third-order valence-electron chi connectivity index (χ3n) is 2.83. The zero-order chi connectivity index (χ0) is 14.9. The van der Waals surface area contributed by atoms with Crippen LogP contribution in [-0.4, -0.2) is 35.1 Å². The number of hydrogen-bond acceptors (Lipinski definition) is 4. The lowest BCUT2D eigenvalue weighted by molar-refractivity contribution is 0.0689. The summed E-state index contributed by atoms with van der Waals surface area (Å²) < 4.78 is 12.7. The van der Waals surface area contributed by atoms with Crippen LogP contribution in [-0.2, 0) is 7.05 Å². The van der Waals surface area contributed by atoms with Crippen molar-refractivity contribution in [2.24, 2.45) is 7.05 Å². The van der Waals surface area contributed by atoms with Gasteiger partial charge in [0, 0.05) is 12.6 Å².